The minimum atomic E-state index is -0.922. The molecule has 0 fully saturated rings. The monoisotopic (exact) mass is 344 g/mol. The van der Waals surface area contributed by atoms with Gasteiger partial charge in [0.25, 0.3) is 0 Å². The van der Waals surface area contributed by atoms with Crippen molar-refractivity contribution in [1.29, 1.82) is 0 Å². The third-order valence-corrected chi connectivity index (χ3v) is 3.96. The van der Waals surface area contributed by atoms with Crippen LogP contribution in [0, 0.1) is 5.82 Å². The number of aliphatic hydroxyl groups is 1. The first-order chi connectivity index (χ1) is 9.02. The Morgan fingerprint density at radius 3 is 2.42 bits per heavy atom. The van der Waals surface area contributed by atoms with Crippen LogP contribution in [0.25, 0.3) is 0 Å². The van der Waals surface area contributed by atoms with Crippen LogP contribution < -0.4 is 4.74 Å². The van der Waals surface area contributed by atoms with Crippen LogP contribution in [0.1, 0.15) is 17.2 Å². The molecule has 0 saturated carbocycles. The topological polar surface area (TPSA) is 29.5 Å². The fourth-order valence-electron chi connectivity index (χ4n) is 1.73. The first kappa shape index (κ1) is 14.3. The Labute approximate surface area is 123 Å². The van der Waals surface area contributed by atoms with Crippen molar-refractivity contribution in [2.24, 2.45) is 0 Å². The Morgan fingerprint density at radius 2 is 1.84 bits per heavy atom. The third kappa shape index (κ3) is 3.08. The van der Waals surface area contributed by atoms with Crippen molar-refractivity contribution in [2.45, 2.75) is 6.10 Å². The standard InChI is InChI=1S/C14H11BrClFO2/c1-19-13-5-3-9(7-12(13)17)14(18)8-2-4-11(16)10(15)6-8/h2-7,14,18H,1H3. The molecule has 2 nitrogen and oxygen atoms in total. The molecule has 2 rings (SSSR count). The fourth-order valence-corrected chi connectivity index (χ4v) is 2.24. The average molecular weight is 346 g/mol. The van der Waals surface area contributed by atoms with E-state index in [1.54, 1.807) is 24.3 Å². The summed E-state index contributed by atoms with van der Waals surface area (Å²) in [5.74, 6) is -0.361. The molecule has 0 spiro atoms. The van der Waals surface area contributed by atoms with Gasteiger partial charge in [-0.05, 0) is 51.3 Å². The zero-order valence-corrected chi connectivity index (χ0v) is 12.4. The van der Waals surface area contributed by atoms with E-state index in [2.05, 4.69) is 15.9 Å². The number of methoxy groups -OCH3 is 1. The van der Waals surface area contributed by atoms with E-state index >= 15 is 0 Å². The highest BCUT2D eigenvalue weighted by Gasteiger charge is 2.14. The zero-order valence-electron chi connectivity index (χ0n) is 10.0. The second-order valence-electron chi connectivity index (χ2n) is 3.97. The van der Waals surface area contributed by atoms with Gasteiger partial charge in [-0.25, -0.2) is 4.39 Å². The van der Waals surface area contributed by atoms with Crippen molar-refractivity contribution in [3.8, 4) is 5.75 Å². The zero-order chi connectivity index (χ0) is 14.0. The molecule has 1 atom stereocenters. The predicted octanol–water partition coefficient (Wildman–Crippen LogP) is 4.33. The first-order valence-corrected chi connectivity index (χ1v) is 6.66. The maximum Gasteiger partial charge on any atom is 0.165 e. The lowest BCUT2D eigenvalue weighted by atomic mass is 10.0. The van der Waals surface area contributed by atoms with E-state index in [0.29, 0.717) is 20.6 Å². The Bertz CT molecular complexity index is 604. The van der Waals surface area contributed by atoms with Gasteiger partial charge < -0.3 is 9.84 Å². The van der Waals surface area contributed by atoms with Crippen LogP contribution in [-0.4, -0.2) is 12.2 Å². The average Bonchev–Trinajstić information content (AvgIpc) is 2.41. The summed E-state index contributed by atoms with van der Waals surface area (Å²) in [5, 5.41) is 10.8. The van der Waals surface area contributed by atoms with E-state index in [1.165, 1.54) is 19.2 Å². The highest BCUT2D eigenvalue weighted by molar-refractivity contribution is 9.10. The maximum absolute atomic E-state index is 13.6. The molecule has 0 bridgehead atoms. The van der Waals surface area contributed by atoms with Crippen LogP contribution in [0.5, 0.6) is 5.75 Å². The van der Waals surface area contributed by atoms with Crippen molar-refractivity contribution in [1.82, 2.24) is 0 Å². The highest BCUT2D eigenvalue weighted by Crippen LogP contribution is 2.30. The Kier molecular flexibility index (Phi) is 4.45. The molecular formula is C14H11BrClFO2. The molecule has 0 saturated heterocycles. The fraction of sp³-hybridized carbons (Fsp3) is 0.143. The summed E-state index contributed by atoms with van der Waals surface area (Å²) in [4.78, 5) is 0. The molecule has 19 heavy (non-hydrogen) atoms. The van der Waals surface area contributed by atoms with Crippen molar-refractivity contribution < 1.29 is 14.2 Å². The van der Waals surface area contributed by atoms with E-state index in [9.17, 15) is 9.50 Å². The highest BCUT2D eigenvalue weighted by atomic mass is 79.9. The van der Waals surface area contributed by atoms with Gasteiger partial charge in [0.2, 0.25) is 0 Å². The number of benzene rings is 2. The molecule has 0 aliphatic rings. The molecule has 0 radical (unpaired) electrons. The number of hydrogen-bond donors (Lipinski definition) is 1. The summed E-state index contributed by atoms with van der Waals surface area (Å²) in [7, 11) is 1.39. The van der Waals surface area contributed by atoms with Crippen molar-refractivity contribution >= 4 is 27.5 Å². The minimum Gasteiger partial charge on any atom is -0.494 e. The van der Waals surface area contributed by atoms with Crippen LogP contribution in [0.15, 0.2) is 40.9 Å². The molecule has 0 aliphatic carbocycles. The molecule has 5 heteroatoms. The summed E-state index contributed by atoms with van der Waals surface area (Å²) in [6, 6.07) is 9.43. The molecule has 1 unspecified atom stereocenters. The van der Waals surface area contributed by atoms with Gasteiger partial charge in [0, 0.05) is 4.47 Å². The molecule has 1 N–H and O–H groups in total. The van der Waals surface area contributed by atoms with Crippen molar-refractivity contribution in [3.63, 3.8) is 0 Å². The predicted molar refractivity (Wildman–Crippen MR) is 76.2 cm³/mol. The van der Waals surface area contributed by atoms with Gasteiger partial charge in [-0.2, -0.15) is 0 Å². The molecule has 100 valence electrons. The number of hydrogen-bond acceptors (Lipinski definition) is 2. The molecular weight excluding hydrogens is 335 g/mol. The molecule has 0 aliphatic heterocycles. The van der Waals surface area contributed by atoms with Crippen LogP contribution in [0.3, 0.4) is 0 Å². The summed E-state index contributed by atoms with van der Waals surface area (Å²) in [6.45, 7) is 0. The van der Waals surface area contributed by atoms with Gasteiger partial charge in [-0.1, -0.05) is 23.7 Å². The second-order valence-corrected chi connectivity index (χ2v) is 5.23. The van der Waals surface area contributed by atoms with Crippen LogP contribution in [-0.2, 0) is 0 Å². The van der Waals surface area contributed by atoms with E-state index in [1.807, 2.05) is 0 Å². The smallest absolute Gasteiger partial charge is 0.165 e. The lowest BCUT2D eigenvalue weighted by Gasteiger charge is -2.13. The summed E-state index contributed by atoms with van der Waals surface area (Å²) in [5.41, 5.74) is 1.08. The second kappa shape index (κ2) is 5.90. The molecule has 0 heterocycles. The largest absolute Gasteiger partial charge is 0.494 e. The number of halogens is 3. The Hall–Kier alpha value is -1.10. The Balaban J connectivity index is 2.35. The SMILES string of the molecule is COc1ccc(C(O)c2ccc(Cl)c(Br)c2)cc1F. The number of aliphatic hydroxyl groups excluding tert-OH is 1. The lowest BCUT2D eigenvalue weighted by molar-refractivity contribution is 0.219. The maximum atomic E-state index is 13.6. The number of ether oxygens (including phenoxy) is 1. The summed E-state index contributed by atoms with van der Waals surface area (Å²) in [6.07, 6.45) is -0.922. The van der Waals surface area contributed by atoms with Gasteiger partial charge in [0.1, 0.15) is 6.10 Å². The summed E-state index contributed by atoms with van der Waals surface area (Å²) >= 11 is 9.18. The molecule has 0 amide bonds. The minimum absolute atomic E-state index is 0.147. The molecule has 2 aromatic carbocycles. The Morgan fingerprint density at radius 1 is 1.21 bits per heavy atom. The van der Waals surface area contributed by atoms with Crippen LogP contribution >= 0.6 is 27.5 Å². The van der Waals surface area contributed by atoms with E-state index in [0.717, 1.165) is 0 Å². The van der Waals surface area contributed by atoms with E-state index in [4.69, 9.17) is 16.3 Å². The summed E-state index contributed by atoms with van der Waals surface area (Å²) < 4.78 is 19.1. The van der Waals surface area contributed by atoms with Crippen LogP contribution in [0.4, 0.5) is 4.39 Å². The first-order valence-electron chi connectivity index (χ1n) is 5.49. The van der Waals surface area contributed by atoms with E-state index in [-0.39, 0.29) is 5.75 Å². The number of rotatable bonds is 3. The van der Waals surface area contributed by atoms with Gasteiger partial charge >= 0.3 is 0 Å². The van der Waals surface area contributed by atoms with Gasteiger partial charge in [0.15, 0.2) is 11.6 Å². The molecule has 0 aromatic heterocycles. The van der Waals surface area contributed by atoms with Gasteiger partial charge in [0.05, 0.1) is 12.1 Å². The van der Waals surface area contributed by atoms with Crippen molar-refractivity contribution in [3.05, 3.63) is 62.8 Å². The normalized spacial score (nSPS) is 12.3. The van der Waals surface area contributed by atoms with Crippen molar-refractivity contribution in [2.75, 3.05) is 7.11 Å². The quantitative estimate of drug-likeness (QED) is 0.897. The molecule has 2 aromatic rings. The lowest BCUT2D eigenvalue weighted by Crippen LogP contribution is -2.01. The van der Waals surface area contributed by atoms with Gasteiger partial charge in [-0.3, -0.25) is 0 Å². The van der Waals surface area contributed by atoms with Crippen LogP contribution in [0.2, 0.25) is 5.02 Å². The third-order valence-electron chi connectivity index (χ3n) is 2.75. The van der Waals surface area contributed by atoms with E-state index < -0.39 is 11.9 Å². The van der Waals surface area contributed by atoms with Gasteiger partial charge in [-0.15, -0.1) is 0 Å².